The van der Waals surface area contributed by atoms with Crippen LogP contribution in [0.1, 0.15) is 258 Å². The van der Waals surface area contributed by atoms with Crippen LogP contribution in [0.5, 0.6) is 0 Å². The molecule has 0 radical (unpaired) electrons. The van der Waals surface area contributed by atoms with Gasteiger partial charge in [0.1, 0.15) is 24.4 Å². The Balaban J connectivity index is 2.73. The molecule has 1 amide bonds. The monoisotopic (exact) mass is 1000 g/mol. The quantitative estimate of drug-likeness (QED) is 0.0195. The normalized spacial score (nSPS) is 19.9. The van der Waals surface area contributed by atoms with E-state index in [1.165, 1.54) is 135 Å². The van der Waals surface area contributed by atoms with Gasteiger partial charge in [0.2, 0.25) is 5.91 Å². The van der Waals surface area contributed by atoms with Crippen molar-refractivity contribution in [2.75, 3.05) is 13.2 Å². The van der Waals surface area contributed by atoms with Gasteiger partial charge in [-0.05, 0) is 64.2 Å². The molecule has 0 saturated carbocycles. The van der Waals surface area contributed by atoms with Crippen LogP contribution in [-0.2, 0) is 23.8 Å². The van der Waals surface area contributed by atoms with Crippen LogP contribution in [0.2, 0.25) is 0 Å². The van der Waals surface area contributed by atoms with Gasteiger partial charge in [0.05, 0.1) is 25.4 Å². The SMILES string of the molecule is CCCCC/C=C\C/C=C\C/C=C\CCCCCC(O)C(=O)NC(COC1OC(CO)C(O)C(O)C1OC(=O)CCCCCCCCCCCCCCCCC)C(O)/C=C/CCCCCCCCCCC. The van der Waals surface area contributed by atoms with Gasteiger partial charge >= 0.3 is 5.97 Å². The molecule has 0 aliphatic carbocycles. The Labute approximate surface area is 434 Å². The summed E-state index contributed by atoms with van der Waals surface area (Å²) in [4.78, 5) is 26.4. The minimum atomic E-state index is -1.61. The molecular weight excluding hydrogens is 895 g/mol. The fourth-order valence-corrected chi connectivity index (χ4v) is 9.01. The number of aliphatic hydroxyl groups excluding tert-OH is 5. The van der Waals surface area contributed by atoms with E-state index >= 15 is 0 Å². The minimum Gasteiger partial charge on any atom is -0.454 e. The molecule has 0 spiro atoms. The van der Waals surface area contributed by atoms with E-state index in [-0.39, 0.29) is 19.4 Å². The third-order valence-electron chi connectivity index (χ3n) is 13.7. The maximum absolute atomic E-state index is 13.4. The number of carbonyl (C=O) groups excluding carboxylic acids is 2. The Morgan fingerprint density at radius 1 is 0.549 bits per heavy atom. The molecule has 1 fully saturated rings. The third kappa shape index (κ3) is 37.1. The van der Waals surface area contributed by atoms with Gasteiger partial charge < -0.3 is 45.1 Å². The summed E-state index contributed by atoms with van der Waals surface area (Å²) < 4.78 is 17.6. The number of amides is 1. The van der Waals surface area contributed by atoms with Crippen molar-refractivity contribution in [3.63, 3.8) is 0 Å². The highest BCUT2D eigenvalue weighted by atomic mass is 16.7. The molecule has 8 atom stereocenters. The fourth-order valence-electron chi connectivity index (χ4n) is 9.01. The topological polar surface area (TPSA) is 175 Å². The Hall–Kier alpha value is -2.38. The Bertz CT molecular complexity index is 1340. The van der Waals surface area contributed by atoms with Gasteiger partial charge in [-0.2, -0.15) is 0 Å². The van der Waals surface area contributed by atoms with Crippen molar-refractivity contribution >= 4 is 11.9 Å². The van der Waals surface area contributed by atoms with E-state index in [4.69, 9.17) is 14.2 Å². The van der Waals surface area contributed by atoms with Crippen molar-refractivity contribution in [3.05, 3.63) is 48.6 Å². The molecule has 0 aromatic carbocycles. The molecule has 11 heteroatoms. The lowest BCUT2D eigenvalue weighted by atomic mass is 9.99. The molecule has 0 aromatic rings. The fraction of sp³-hybridized carbons (Fsp3) is 0.833. The number of nitrogens with one attached hydrogen (secondary N) is 1. The van der Waals surface area contributed by atoms with E-state index in [2.05, 4.69) is 62.5 Å². The summed E-state index contributed by atoms with van der Waals surface area (Å²) in [5, 5.41) is 56.8. The molecule has 8 unspecified atom stereocenters. The van der Waals surface area contributed by atoms with Gasteiger partial charge in [-0.1, -0.05) is 236 Å². The van der Waals surface area contributed by atoms with E-state index in [1.54, 1.807) is 6.08 Å². The molecule has 1 aliphatic heterocycles. The first-order valence-corrected chi connectivity index (χ1v) is 29.4. The Morgan fingerprint density at radius 2 is 0.972 bits per heavy atom. The number of hydrogen-bond donors (Lipinski definition) is 6. The first-order chi connectivity index (χ1) is 34.7. The lowest BCUT2D eigenvalue weighted by molar-refractivity contribution is -0.305. The van der Waals surface area contributed by atoms with E-state index in [0.717, 1.165) is 77.0 Å². The summed E-state index contributed by atoms with van der Waals surface area (Å²) in [5.74, 6) is -1.21. The van der Waals surface area contributed by atoms with Crippen molar-refractivity contribution in [2.24, 2.45) is 0 Å². The largest absolute Gasteiger partial charge is 0.454 e. The molecule has 1 heterocycles. The standard InChI is InChI=1S/C60H109NO10/c1-4-7-10-13-16-19-22-24-26-28-29-32-35-38-41-44-47-53(64)59(68)61-51(52(63)46-43-40-37-34-31-21-18-15-12-9-6-3)50-69-60-58(57(67)56(66)54(49-62)70-60)71-55(65)48-45-42-39-36-33-30-27-25-23-20-17-14-11-8-5-2/h16,19,24,26,29,32,43,46,51-54,56-58,60,62-64,66-67H,4-15,17-18,20-23,25,27-28,30-31,33-42,44-45,47-50H2,1-3H3,(H,61,68)/b19-16-,26-24-,32-29-,46-43+. The van der Waals surface area contributed by atoms with Crippen LogP contribution in [0.4, 0.5) is 0 Å². The van der Waals surface area contributed by atoms with Gasteiger partial charge in [0.25, 0.3) is 0 Å². The smallest absolute Gasteiger partial charge is 0.306 e. The molecular formula is C60H109NO10. The van der Waals surface area contributed by atoms with Crippen molar-refractivity contribution in [1.82, 2.24) is 5.32 Å². The van der Waals surface area contributed by atoms with Crippen LogP contribution in [0, 0.1) is 0 Å². The van der Waals surface area contributed by atoms with Crippen molar-refractivity contribution in [3.8, 4) is 0 Å². The second-order valence-corrected chi connectivity index (χ2v) is 20.4. The first-order valence-electron chi connectivity index (χ1n) is 29.4. The molecule has 6 N–H and O–H groups in total. The zero-order valence-corrected chi connectivity index (χ0v) is 45.6. The van der Waals surface area contributed by atoms with Crippen molar-refractivity contribution < 1.29 is 49.3 Å². The van der Waals surface area contributed by atoms with Crippen LogP contribution < -0.4 is 5.32 Å². The molecule has 1 saturated heterocycles. The lowest BCUT2D eigenvalue weighted by Crippen LogP contribution is -2.61. The molecule has 0 aromatic heterocycles. The summed E-state index contributed by atoms with van der Waals surface area (Å²) in [6.07, 6.45) is 47.2. The van der Waals surface area contributed by atoms with Crippen LogP contribution in [0.3, 0.4) is 0 Å². The van der Waals surface area contributed by atoms with E-state index in [0.29, 0.717) is 12.8 Å². The van der Waals surface area contributed by atoms with Gasteiger partial charge in [-0.15, -0.1) is 0 Å². The number of ether oxygens (including phenoxy) is 3. The van der Waals surface area contributed by atoms with Crippen LogP contribution in [0.25, 0.3) is 0 Å². The van der Waals surface area contributed by atoms with Gasteiger partial charge in [0, 0.05) is 6.42 Å². The number of hydrogen-bond acceptors (Lipinski definition) is 10. The number of esters is 1. The van der Waals surface area contributed by atoms with Gasteiger partial charge in [-0.25, -0.2) is 0 Å². The average Bonchev–Trinajstić information content (AvgIpc) is 3.37. The zero-order chi connectivity index (χ0) is 51.8. The average molecular weight is 1000 g/mol. The highest BCUT2D eigenvalue weighted by Gasteiger charge is 2.47. The number of aliphatic hydroxyl groups is 5. The summed E-state index contributed by atoms with van der Waals surface area (Å²) in [7, 11) is 0. The second-order valence-electron chi connectivity index (χ2n) is 20.4. The number of rotatable bonds is 49. The van der Waals surface area contributed by atoms with Gasteiger partial charge in [0.15, 0.2) is 12.4 Å². The second kappa shape index (κ2) is 48.6. The molecule has 414 valence electrons. The highest BCUT2D eigenvalue weighted by Crippen LogP contribution is 2.26. The first kappa shape index (κ1) is 66.6. The zero-order valence-electron chi connectivity index (χ0n) is 45.6. The molecule has 71 heavy (non-hydrogen) atoms. The minimum absolute atomic E-state index is 0.124. The number of unbranched alkanes of at least 4 members (excludes halogenated alkanes) is 29. The number of carbonyl (C=O) groups is 2. The maximum atomic E-state index is 13.4. The van der Waals surface area contributed by atoms with Crippen LogP contribution >= 0.6 is 0 Å². The van der Waals surface area contributed by atoms with Crippen LogP contribution in [-0.4, -0.2) is 99.6 Å². The van der Waals surface area contributed by atoms with Crippen molar-refractivity contribution in [1.29, 1.82) is 0 Å². The summed E-state index contributed by atoms with van der Waals surface area (Å²) in [5.41, 5.74) is 0. The van der Waals surface area contributed by atoms with E-state index in [1.807, 2.05) is 6.08 Å². The summed E-state index contributed by atoms with van der Waals surface area (Å²) in [6, 6.07) is -1.03. The molecule has 1 rings (SSSR count). The predicted octanol–water partition coefficient (Wildman–Crippen LogP) is 13.3. The Morgan fingerprint density at radius 3 is 1.48 bits per heavy atom. The number of allylic oxidation sites excluding steroid dienone is 7. The van der Waals surface area contributed by atoms with Gasteiger partial charge in [-0.3, -0.25) is 9.59 Å². The molecule has 0 bridgehead atoms. The lowest BCUT2D eigenvalue weighted by Gasteiger charge is -2.41. The predicted molar refractivity (Wildman–Crippen MR) is 292 cm³/mol. The molecule has 1 aliphatic rings. The van der Waals surface area contributed by atoms with E-state index in [9.17, 15) is 35.1 Å². The highest BCUT2D eigenvalue weighted by molar-refractivity contribution is 5.80. The summed E-state index contributed by atoms with van der Waals surface area (Å²) in [6.45, 7) is 5.74. The maximum Gasteiger partial charge on any atom is 0.306 e. The molecule has 11 nitrogen and oxygen atoms in total. The van der Waals surface area contributed by atoms with Crippen LogP contribution in [0.15, 0.2) is 48.6 Å². The Kier molecular flexibility index (Phi) is 45.6. The van der Waals surface area contributed by atoms with E-state index < -0.39 is 67.4 Å². The third-order valence-corrected chi connectivity index (χ3v) is 13.7. The summed E-state index contributed by atoms with van der Waals surface area (Å²) >= 11 is 0. The van der Waals surface area contributed by atoms with Crippen molar-refractivity contribution in [2.45, 2.75) is 307 Å².